The van der Waals surface area contributed by atoms with Crippen molar-refractivity contribution in [3.63, 3.8) is 0 Å². The summed E-state index contributed by atoms with van der Waals surface area (Å²) in [6, 6.07) is 0. The Hall–Kier alpha value is -2.40. The summed E-state index contributed by atoms with van der Waals surface area (Å²) in [5.74, 6) is 0.104. The van der Waals surface area contributed by atoms with E-state index >= 15 is 0 Å². The normalized spacial score (nSPS) is 42.0. The van der Waals surface area contributed by atoms with Gasteiger partial charge >= 0.3 is 5.97 Å². The van der Waals surface area contributed by atoms with Gasteiger partial charge in [0.2, 0.25) is 0 Å². The van der Waals surface area contributed by atoms with Crippen LogP contribution in [-0.4, -0.2) is 23.1 Å². The molecule has 7 nitrogen and oxygen atoms in total. The van der Waals surface area contributed by atoms with E-state index in [1.54, 1.807) is 6.08 Å². The monoisotopic (exact) mass is 411 g/mol. The fourth-order valence-electron chi connectivity index (χ4n) is 7.31. The highest BCUT2D eigenvalue weighted by Crippen LogP contribution is 2.68. The zero-order valence-corrected chi connectivity index (χ0v) is 18.1. The lowest BCUT2D eigenvalue weighted by molar-refractivity contribution is -0.185. The smallest absolute Gasteiger partial charge is 0.303 e. The third kappa shape index (κ3) is 2.64. The van der Waals surface area contributed by atoms with Gasteiger partial charge in [0.25, 0.3) is 0 Å². The largest absolute Gasteiger partial charge is 0.451 e. The molecule has 160 valence electrons. The number of ether oxygens (including phenoxy) is 1. The zero-order valence-electron chi connectivity index (χ0n) is 18.1. The molecule has 6 atom stereocenters. The molecule has 4 aliphatic rings. The van der Waals surface area contributed by atoms with Gasteiger partial charge in [-0.15, -0.1) is 0 Å². The molecule has 30 heavy (non-hydrogen) atoms. The molecule has 0 aromatic carbocycles. The van der Waals surface area contributed by atoms with E-state index in [-0.39, 0.29) is 28.8 Å². The number of rotatable bonds is 3. The van der Waals surface area contributed by atoms with Crippen molar-refractivity contribution < 1.29 is 19.1 Å². The summed E-state index contributed by atoms with van der Waals surface area (Å²) in [6.07, 6.45) is 7.89. The lowest BCUT2D eigenvalue weighted by atomic mass is 9.47. The molecule has 0 unspecified atom stereocenters. The predicted molar refractivity (Wildman–Crippen MR) is 110 cm³/mol. The second-order valence-corrected chi connectivity index (χ2v) is 9.95. The Morgan fingerprint density at radius 1 is 1.17 bits per heavy atom. The predicted octanol–water partition coefficient (Wildman–Crippen LogP) is 4.82. The Morgan fingerprint density at radius 2 is 1.87 bits per heavy atom. The number of carbonyl (C=O) groups excluding carboxylic acids is 3. The van der Waals surface area contributed by atoms with E-state index in [0.29, 0.717) is 24.5 Å². The number of fused-ring (bicyclic) bond motifs is 5. The van der Waals surface area contributed by atoms with Gasteiger partial charge in [0.1, 0.15) is 0 Å². The molecule has 0 heterocycles. The van der Waals surface area contributed by atoms with Crippen molar-refractivity contribution in [2.45, 2.75) is 71.8 Å². The van der Waals surface area contributed by atoms with Crippen LogP contribution in [0.1, 0.15) is 66.2 Å². The van der Waals surface area contributed by atoms with Gasteiger partial charge < -0.3 is 4.74 Å². The average Bonchev–Trinajstić information content (AvgIpc) is 2.96. The molecule has 0 bridgehead atoms. The highest BCUT2D eigenvalue weighted by atomic mass is 16.6. The topological polar surface area (TPSA) is 109 Å². The Bertz CT molecular complexity index is 946. The van der Waals surface area contributed by atoms with Gasteiger partial charge in [0.15, 0.2) is 17.2 Å². The second kappa shape index (κ2) is 6.81. The van der Waals surface area contributed by atoms with E-state index in [1.165, 1.54) is 13.8 Å². The molecular formula is C23H29N3O4. The molecule has 2 saturated carbocycles. The quantitative estimate of drug-likeness (QED) is 0.287. The first kappa shape index (κ1) is 20.9. The van der Waals surface area contributed by atoms with Gasteiger partial charge in [-0.25, -0.2) is 0 Å². The molecule has 7 heteroatoms. The zero-order chi connectivity index (χ0) is 21.9. The number of esters is 1. The molecule has 0 aromatic heterocycles. The number of ketones is 2. The number of azide groups is 1. The number of Topliss-reactive ketones (excluding diaryl/α,β-unsaturated/α-hetero) is 1. The number of carbonyl (C=O) groups is 3. The van der Waals surface area contributed by atoms with Crippen LogP contribution in [-0.2, 0) is 19.1 Å². The Labute approximate surface area is 176 Å². The molecule has 0 aliphatic heterocycles. The van der Waals surface area contributed by atoms with Gasteiger partial charge in [-0.2, -0.15) is 0 Å². The van der Waals surface area contributed by atoms with Crippen LogP contribution in [0, 0.1) is 28.6 Å². The van der Waals surface area contributed by atoms with E-state index in [0.717, 1.165) is 31.3 Å². The second-order valence-electron chi connectivity index (χ2n) is 9.95. The molecule has 2 fully saturated rings. The third-order valence-corrected chi connectivity index (χ3v) is 8.75. The van der Waals surface area contributed by atoms with Crippen molar-refractivity contribution >= 4 is 17.5 Å². The van der Waals surface area contributed by atoms with Gasteiger partial charge in [-0.1, -0.05) is 25.0 Å². The third-order valence-electron chi connectivity index (χ3n) is 8.75. The van der Waals surface area contributed by atoms with Crippen molar-refractivity contribution in [1.82, 2.24) is 0 Å². The van der Waals surface area contributed by atoms with Crippen LogP contribution in [0.2, 0.25) is 0 Å². The maximum atomic E-state index is 12.8. The van der Waals surface area contributed by atoms with E-state index < -0.39 is 17.0 Å². The van der Waals surface area contributed by atoms with Crippen LogP contribution in [0.25, 0.3) is 10.4 Å². The fourth-order valence-corrected chi connectivity index (χ4v) is 7.31. The van der Waals surface area contributed by atoms with Crippen molar-refractivity contribution in [3.8, 4) is 0 Å². The molecule has 0 N–H and O–H groups in total. The van der Waals surface area contributed by atoms with Crippen LogP contribution in [0.5, 0.6) is 0 Å². The summed E-state index contributed by atoms with van der Waals surface area (Å²) in [5, 5.41) is 3.96. The minimum absolute atomic E-state index is 0.0759. The number of hydrogen-bond acceptors (Lipinski definition) is 5. The van der Waals surface area contributed by atoms with Crippen molar-refractivity contribution in [2.75, 3.05) is 0 Å². The molecule has 0 radical (unpaired) electrons. The van der Waals surface area contributed by atoms with E-state index in [2.05, 4.69) is 23.9 Å². The number of allylic oxidation sites excluding steroid dienone is 3. The Balaban J connectivity index is 1.84. The van der Waals surface area contributed by atoms with Crippen molar-refractivity contribution in [2.24, 2.45) is 33.7 Å². The van der Waals surface area contributed by atoms with E-state index in [4.69, 9.17) is 10.3 Å². The molecule has 0 aromatic rings. The lowest BCUT2D eigenvalue weighted by Crippen LogP contribution is -2.58. The van der Waals surface area contributed by atoms with Crippen LogP contribution in [0.4, 0.5) is 0 Å². The van der Waals surface area contributed by atoms with Crippen molar-refractivity contribution in [3.05, 3.63) is 33.9 Å². The Morgan fingerprint density at radius 3 is 2.50 bits per heavy atom. The Kier molecular flexibility index (Phi) is 4.73. The standard InChI is InChI=1S/C23H29N3O4/c1-13(27)23(30-14(2)28)10-7-18-16-12-20(25-26-24)19-11-15(29)5-8-21(19,3)17(16)6-9-22(18,23)4/h11-12,16-18H,5-10H2,1-4H3/t16-,17+,18+,21-,22+,23+/m1/s1. The molecular weight excluding hydrogens is 382 g/mol. The first-order chi connectivity index (χ1) is 14.1. The van der Waals surface area contributed by atoms with E-state index in [1.807, 2.05) is 6.08 Å². The van der Waals surface area contributed by atoms with Gasteiger partial charge in [-0.3, -0.25) is 14.4 Å². The summed E-state index contributed by atoms with van der Waals surface area (Å²) in [6.45, 7) is 7.17. The highest BCUT2D eigenvalue weighted by Gasteiger charge is 2.67. The summed E-state index contributed by atoms with van der Waals surface area (Å²) < 4.78 is 5.79. The van der Waals surface area contributed by atoms with E-state index in [9.17, 15) is 14.4 Å². The number of nitrogens with zero attached hydrogens (tertiary/aromatic N) is 3. The van der Waals surface area contributed by atoms with Crippen LogP contribution in [0.3, 0.4) is 0 Å². The summed E-state index contributed by atoms with van der Waals surface area (Å²) in [4.78, 5) is 39.9. The summed E-state index contributed by atoms with van der Waals surface area (Å²) in [7, 11) is 0. The van der Waals surface area contributed by atoms with Crippen molar-refractivity contribution in [1.29, 1.82) is 0 Å². The highest BCUT2D eigenvalue weighted by molar-refractivity contribution is 5.92. The minimum Gasteiger partial charge on any atom is -0.451 e. The molecule has 0 saturated heterocycles. The van der Waals surface area contributed by atoms with Crippen LogP contribution in [0.15, 0.2) is 28.5 Å². The molecule has 4 aliphatic carbocycles. The minimum atomic E-state index is -1.10. The van der Waals surface area contributed by atoms with Gasteiger partial charge in [-0.05, 0) is 79.4 Å². The maximum absolute atomic E-state index is 12.8. The first-order valence-corrected chi connectivity index (χ1v) is 10.8. The summed E-state index contributed by atoms with van der Waals surface area (Å²) in [5.41, 5.74) is 8.76. The van der Waals surface area contributed by atoms with Crippen LogP contribution >= 0.6 is 0 Å². The summed E-state index contributed by atoms with van der Waals surface area (Å²) >= 11 is 0. The first-order valence-electron chi connectivity index (χ1n) is 10.8. The number of hydrogen-bond donors (Lipinski definition) is 0. The molecule has 0 amide bonds. The van der Waals surface area contributed by atoms with Gasteiger partial charge in [0.05, 0.1) is 0 Å². The average molecular weight is 412 g/mol. The SMILES string of the molecule is CC(=O)O[C@]1(C(C)=O)CC[C@H]2[C@@H]3C=C(N=[N+]=[N-])C4=CC(=O)CC[C@]4(C)[C@H]3CC[C@@]21C. The molecule has 4 rings (SSSR count). The molecule has 0 spiro atoms. The fraction of sp³-hybridized carbons (Fsp3) is 0.696. The van der Waals surface area contributed by atoms with Gasteiger partial charge in [0, 0.05) is 29.4 Å². The van der Waals surface area contributed by atoms with Crippen LogP contribution < -0.4 is 0 Å². The lowest BCUT2D eigenvalue weighted by Gasteiger charge is -2.57. The maximum Gasteiger partial charge on any atom is 0.303 e.